The van der Waals surface area contributed by atoms with Crippen molar-refractivity contribution in [1.82, 2.24) is 24.1 Å². The molecule has 0 N–H and O–H groups in total. The van der Waals surface area contributed by atoms with Gasteiger partial charge in [-0.1, -0.05) is 133 Å². The summed E-state index contributed by atoms with van der Waals surface area (Å²) in [5.41, 5.74) is 7.61. The van der Waals surface area contributed by atoms with E-state index in [1.54, 1.807) is 0 Å². The van der Waals surface area contributed by atoms with Gasteiger partial charge in [0.1, 0.15) is 17.2 Å². The quantitative estimate of drug-likeness (QED) is 0.0695. The number of nitrogens with zero attached hydrogens (tertiary/aromatic N) is 6. The molecule has 0 atom stereocenters. The number of aromatic nitrogens is 5. The lowest BCUT2D eigenvalue weighted by molar-refractivity contribution is 0.487. The summed E-state index contributed by atoms with van der Waals surface area (Å²) in [6, 6.07) is 55.7. The molecule has 3 aromatic heterocycles. The van der Waals surface area contributed by atoms with Gasteiger partial charge in [0.05, 0.1) is 22.1 Å². The first-order valence-electron chi connectivity index (χ1n) is 20.4. The highest BCUT2D eigenvalue weighted by atomic mass is 16.5. The van der Waals surface area contributed by atoms with Gasteiger partial charge in [0.2, 0.25) is 17.8 Å². The molecule has 8 nitrogen and oxygen atoms in total. The molecule has 4 heterocycles. The third-order valence-corrected chi connectivity index (χ3v) is 11.3. The molecule has 0 radical (unpaired) electrons. The van der Waals surface area contributed by atoms with E-state index in [1.165, 1.54) is 0 Å². The van der Waals surface area contributed by atoms with Crippen molar-refractivity contribution in [3.05, 3.63) is 194 Å². The van der Waals surface area contributed by atoms with Crippen molar-refractivity contribution >= 4 is 67.3 Å². The lowest BCUT2D eigenvalue weighted by Gasteiger charge is -2.24. The molecule has 11 rings (SSSR count). The van der Waals surface area contributed by atoms with Gasteiger partial charge in [-0.25, -0.2) is 0 Å². The Morgan fingerprint density at radius 3 is 1.69 bits per heavy atom. The van der Waals surface area contributed by atoms with Gasteiger partial charge in [-0.2, -0.15) is 15.0 Å². The number of aryl methyl sites for hydroxylation is 1. The van der Waals surface area contributed by atoms with Gasteiger partial charge in [0, 0.05) is 27.1 Å². The van der Waals surface area contributed by atoms with Crippen molar-refractivity contribution < 1.29 is 9.47 Å². The lowest BCUT2D eigenvalue weighted by Crippen LogP contribution is -2.46. The summed E-state index contributed by atoms with van der Waals surface area (Å²) in [4.78, 5) is 21.3. The van der Waals surface area contributed by atoms with Gasteiger partial charge in [-0.3, -0.25) is 14.0 Å². The number of rotatable bonds is 7. The largest absolute Gasteiger partial charge is 0.458 e. The predicted octanol–water partition coefficient (Wildman–Crippen LogP) is 10.9. The number of ether oxygens (including phenoxy) is 2. The van der Waals surface area contributed by atoms with Crippen LogP contribution in [0.25, 0.3) is 66.9 Å². The van der Waals surface area contributed by atoms with Crippen LogP contribution in [0, 0.1) is 6.92 Å². The first-order chi connectivity index (χ1) is 30.1. The highest BCUT2D eigenvalue weighted by Crippen LogP contribution is 2.35. The Labute approximate surface area is 352 Å². The zero-order chi connectivity index (χ0) is 40.9. The van der Waals surface area contributed by atoms with E-state index < -0.39 is 6.85 Å². The van der Waals surface area contributed by atoms with Crippen LogP contribution in [-0.2, 0) is 0 Å². The maximum absolute atomic E-state index is 6.57. The Kier molecular flexibility index (Phi) is 8.85. The Morgan fingerprint density at radius 2 is 1.10 bits per heavy atom. The van der Waals surface area contributed by atoms with Gasteiger partial charge in [0.15, 0.2) is 5.82 Å². The fourth-order valence-corrected chi connectivity index (χ4v) is 8.44. The van der Waals surface area contributed by atoms with E-state index in [4.69, 9.17) is 29.3 Å². The molecule has 10 aromatic rings. The molecule has 0 fully saturated rings. The number of hydrogen-bond donors (Lipinski definition) is 0. The number of hydrogen-bond acceptors (Lipinski definition) is 6. The lowest BCUT2D eigenvalue weighted by atomic mass is 9.50. The van der Waals surface area contributed by atoms with E-state index in [0.717, 1.165) is 77.2 Å². The van der Waals surface area contributed by atoms with Crippen LogP contribution in [0.5, 0.6) is 17.2 Å². The molecule has 290 valence electrons. The minimum Gasteiger partial charge on any atom is -0.458 e. The summed E-state index contributed by atoms with van der Waals surface area (Å²) in [6.45, 7) is 3.55. The Balaban J connectivity index is 1.15. The number of benzene rings is 7. The molecule has 61 heavy (non-hydrogen) atoms. The highest BCUT2D eigenvalue weighted by molar-refractivity contribution is 6.86. The fraction of sp³-hybridized carbons (Fsp3) is 0.0385. The average Bonchev–Trinajstić information content (AvgIpc) is 3.83. The zero-order valence-corrected chi connectivity index (χ0v) is 33.5. The molecule has 7 aromatic carbocycles. The number of allylic oxidation sites excluding steroid dienone is 3. The second-order valence-electron chi connectivity index (χ2n) is 15.0. The van der Waals surface area contributed by atoms with Crippen molar-refractivity contribution in [3.8, 4) is 40.5 Å². The molecule has 0 spiro atoms. The van der Waals surface area contributed by atoms with Crippen molar-refractivity contribution in [2.75, 3.05) is 0 Å². The van der Waals surface area contributed by atoms with E-state index in [1.807, 2.05) is 92.7 Å². The number of para-hydroxylation sites is 6. The maximum atomic E-state index is 6.57. The monoisotopic (exact) mass is 788 g/mol. The van der Waals surface area contributed by atoms with Gasteiger partial charge in [0.25, 0.3) is 0 Å². The SMILES string of the molecule is C/C=C\C=C/C(=NB1c2ccccc2Oc2ccc(-c3nc(-n4c5ccccc5c5ccccc54)nc(-n4c5ccccc5c5ccccc54)n3)cc21)Oc1ccccc1C. The highest BCUT2D eigenvalue weighted by Gasteiger charge is 2.33. The molecule has 1 aliphatic heterocycles. The van der Waals surface area contributed by atoms with Crippen LogP contribution in [-0.4, -0.2) is 36.8 Å². The molecule has 0 aliphatic carbocycles. The molecule has 0 bridgehead atoms. The summed E-state index contributed by atoms with van der Waals surface area (Å²) in [7, 11) is 0. The van der Waals surface area contributed by atoms with Crippen LogP contribution in [0.1, 0.15) is 12.5 Å². The standard InChI is InChI=1S/C52H37BN6O2/c1-3-4-5-30-49(61-46-28-16-6-18-34(46)2)57-53-40-23-11-17-29-47(40)60-48-32-31-35(33-41(48)53)50-54-51(58-42-24-12-7-19-36(42)37-20-8-13-25-43(37)58)56-52(55-50)59-44-26-14-9-21-38(44)39-22-10-15-27-45(39)59/h3-33H,1-2H3/b4-3-,30-5-,57-49?. The van der Waals surface area contributed by atoms with Crippen LogP contribution in [0.3, 0.4) is 0 Å². The van der Waals surface area contributed by atoms with Crippen molar-refractivity contribution in [3.63, 3.8) is 0 Å². The van der Waals surface area contributed by atoms with Crippen LogP contribution < -0.4 is 20.4 Å². The van der Waals surface area contributed by atoms with Gasteiger partial charge in [-0.15, -0.1) is 0 Å². The van der Waals surface area contributed by atoms with E-state index in [9.17, 15) is 0 Å². The zero-order valence-electron chi connectivity index (χ0n) is 33.5. The van der Waals surface area contributed by atoms with Gasteiger partial charge < -0.3 is 9.47 Å². The van der Waals surface area contributed by atoms with E-state index in [0.29, 0.717) is 29.4 Å². The van der Waals surface area contributed by atoms with Crippen LogP contribution >= 0.6 is 0 Å². The molecule has 0 amide bonds. The normalized spacial score (nSPS) is 12.8. The van der Waals surface area contributed by atoms with Crippen LogP contribution in [0.4, 0.5) is 0 Å². The molecule has 0 saturated carbocycles. The van der Waals surface area contributed by atoms with Crippen molar-refractivity contribution in [1.29, 1.82) is 0 Å². The smallest absolute Gasteiger partial charge is 0.356 e. The summed E-state index contributed by atoms with van der Waals surface area (Å²) >= 11 is 0. The molecular weight excluding hydrogens is 751 g/mol. The predicted molar refractivity (Wildman–Crippen MR) is 249 cm³/mol. The molecular formula is C52H37BN6O2. The summed E-state index contributed by atoms with van der Waals surface area (Å²) < 4.78 is 17.4. The van der Waals surface area contributed by atoms with E-state index in [2.05, 4.69) is 118 Å². The Hall–Kier alpha value is -8.04. The van der Waals surface area contributed by atoms with Gasteiger partial charge in [-0.05, 0) is 84.9 Å². The topological polar surface area (TPSA) is 79.4 Å². The molecule has 0 saturated heterocycles. The second-order valence-corrected chi connectivity index (χ2v) is 15.0. The van der Waals surface area contributed by atoms with Crippen molar-refractivity contribution in [2.45, 2.75) is 13.8 Å². The first-order valence-corrected chi connectivity index (χ1v) is 20.4. The third-order valence-electron chi connectivity index (χ3n) is 11.3. The Morgan fingerprint density at radius 1 is 0.574 bits per heavy atom. The third kappa shape index (κ3) is 6.26. The average molecular weight is 789 g/mol. The number of fused-ring (bicyclic) bond motifs is 8. The van der Waals surface area contributed by atoms with E-state index >= 15 is 0 Å². The molecule has 1 aliphatic rings. The Bertz CT molecular complexity index is 3200. The summed E-state index contributed by atoms with van der Waals surface area (Å²) in [5.74, 6) is 4.17. The fourth-order valence-electron chi connectivity index (χ4n) is 8.44. The maximum Gasteiger partial charge on any atom is 0.356 e. The van der Waals surface area contributed by atoms with Crippen molar-refractivity contribution in [2.24, 2.45) is 4.90 Å². The van der Waals surface area contributed by atoms with Crippen LogP contribution in [0.2, 0.25) is 0 Å². The molecule has 0 unspecified atom stereocenters. The minimum absolute atomic E-state index is 0.466. The summed E-state index contributed by atoms with van der Waals surface area (Å²) in [5, 5.41) is 4.49. The minimum atomic E-state index is -0.468. The summed E-state index contributed by atoms with van der Waals surface area (Å²) in [6.07, 6.45) is 7.78. The van der Waals surface area contributed by atoms with Crippen LogP contribution in [0.15, 0.2) is 193 Å². The molecule has 9 heteroatoms. The van der Waals surface area contributed by atoms with Gasteiger partial charge >= 0.3 is 6.85 Å². The second kappa shape index (κ2) is 15.0. The van der Waals surface area contributed by atoms with E-state index in [-0.39, 0.29) is 0 Å². The first kappa shape index (κ1) is 36.1.